The van der Waals surface area contributed by atoms with Crippen molar-refractivity contribution in [1.82, 2.24) is 5.32 Å². The number of nitriles is 1. The predicted molar refractivity (Wildman–Crippen MR) is 93.5 cm³/mol. The first-order chi connectivity index (χ1) is 11.6. The lowest BCUT2D eigenvalue weighted by Gasteiger charge is -2.50. The van der Waals surface area contributed by atoms with Crippen LogP contribution < -0.4 is 5.32 Å². The van der Waals surface area contributed by atoms with Crippen molar-refractivity contribution in [1.29, 1.82) is 5.26 Å². The summed E-state index contributed by atoms with van der Waals surface area (Å²) in [5.41, 5.74) is 0. The van der Waals surface area contributed by atoms with Crippen molar-refractivity contribution in [2.24, 2.45) is 23.7 Å². The van der Waals surface area contributed by atoms with Gasteiger partial charge in [0.05, 0.1) is 6.07 Å². The summed E-state index contributed by atoms with van der Waals surface area (Å²) in [4.78, 5) is 11.4. The molecule has 0 aromatic carbocycles. The van der Waals surface area contributed by atoms with E-state index in [2.05, 4.69) is 27.3 Å². The lowest BCUT2D eigenvalue weighted by molar-refractivity contribution is -0.148. The number of aliphatic carboxylic acids is 1. The lowest BCUT2D eigenvalue weighted by Crippen LogP contribution is -2.56. The Labute approximate surface area is 152 Å². The average Bonchev–Trinajstić information content (AvgIpc) is 2.59. The molecule has 2 N–H and O–H groups in total. The van der Waals surface area contributed by atoms with Crippen LogP contribution in [0.1, 0.15) is 51.4 Å². The monoisotopic (exact) mass is 398 g/mol. The Hall–Kier alpha value is -0.640. The molecule has 6 heteroatoms. The van der Waals surface area contributed by atoms with Gasteiger partial charge in [-0.3, -0.25) is 5.32 Å². The number of ether oxygens (including phenoxy) is 1. The van der Waals surface area contributed by atoms with Crippen molar-refractivity contribution in [3.63, 3.8) is 0 Å². The van der Waals surface area contributed by atoms with Crippen LogP contribution >= 0.6 is 15.9 Å². The standard InChI is InChI=1S/C18H27BrN2O3/c19-13-4-5-16-15(7-13)14(8-17(21-16)24-10-18(22)23)12-3-1-2-11(6-12)9-20/h11-17,21H,1-8,10H2,(H,22,23). The van der Waals surface area contributed by atoms with E-state index in [0.29, 0.717) is 28.6 Å². The maximum Gasteiger partial charge on any atom is 0.329 e. The molecule has 1 aliphatic heterocycles. The molecule has 3 aliphatic rings. The summed E-state index contributed by atoms with van der Waals surface area (Å²) < 4.78 is 5.61. The zero-order valence-electron chi connectivity index (χ0n) is 14.0. The predicted octanol–water partition coefficient (Wildman–Crippen LogP) is 3.29. The molecule has 0 spiro atoms. The minimum Gasteiger partial charge on any atom is -0.480 e. The van der Waals surface area contributed by atoms with Crippen molar-refractivity contribution in [3.05, 3.63) is 0 Å². The number of carboxylic acids is 1. The van der Waals surface area contributed by atoms with Gasteiger partial charge in [-0.05, 0) is 56.3 Å². The van der Waals surface area contributed by atoms with Gasteiger partial charge in [0.15, 0.2) is 0 Å². The van der Waals surface area contributed by atoms with Gasteiger partial charge in [-0.1, -0.05) is 28.8 Å². The number of rotatable bonds is 4. The highest BCUT2D eigenvalue weighted by Gasteiger charge is 2.44. The molecule has 3 rings (SSSR count). The number of hydrogen-bond donors (Lipinski definition) is 2. The fourth-order valence-corrected chi connectivity index (χ4v) is 5.82. The van der Waals surface area contributed by atoms with Gasteiger partial charge in [0.25, 0.3) is 0 Å². The second kappa shape index (κ2) is 8.16. The fourth-order valence-electron chi connectivity index (χ4n) is 5.12. The maximum atomic E-state index is 10.8. The van der Waals surface area contributed by atoms with Crippen LogP contribution in [-0.2, 0) is 9.53 Å². The van der Waals surface area contributed by atoms with Gasteiger partial charge in [-0.2, -0.15) is 5.26 Å². The van der Waals surface area contributed by atoms with E-state index in [1.165, 1.54) is 12.8 Å². The number of piperidine rings is 1. The van der Waals surface area contributed by atoms with E-state index >= 15 is 0 Å². The molecule has 7 atom stereocenters. The molecule has 0 aromatic heterocycles. The summed E-state index contributed by atoms with van der Waals surface area (Å²) in [6, 6.07) is 2.89. The van der Waals surface area contributed by atoms with E-state index in [1.807, 2.05) is 0 Å². The first-order valence-corrected chi connectivity index (χ1v) is 10.1. The second-order valence-corrected chi connectivity index (χ2v) is 8.99. The van der Waals surface area contributed by atoms with Crippen molar-refractivity contribution in [2.75, 3.05) is 6.61 Å². The molecule has 24 heavy (non-hydrogen) atoms. The molecule has 5 nitrogen and oxygen atoms in total. The largest absolute Gasteiger partial charge is 0.480 e. The fraction of sp³-hybridized carbons (Fsp3) is 0.889. The average molecular weight is 399 g/mol. The van der Waals surface area contributed by atoms with Crippen molar-refractivity contribution in [3.8, 4) is 6.07 Å². The minimum atomic E-state index is -0.915. The van der Waals surface area contributed by atoms with Gasteiger partial charge in [0.2, 0.25) is 0 Å². The number of halogens is 1. The SMILES string of the molecule is N#CC1CCCC(C2CC(OCC(=O)O)NC3CCC(Br)CC32)C1. The number of hydrogen-bond acceptors (Lipinski definition) is 4. The zero-order chi connectivity index (χ0) is 17.1. The molecule has 2 aliphatic carbocycles. The summed E-state index contributed by atoms with van der Waals surface area (Å²) in [6.07, 6.45) is 8.51. The van der Waals surface area contributed by atoms with E-state index < -0.39 is 5.97 Å². The van der Waals surface area contributed by atoms with Gasteiger partial charge >= 0.3 is 5.97 Å². The van der Waals surface area contributed by atoms with Crippen molar-refractivity contribution in [2.45, 2.75) is 68.5 Å². The molecule has 3 fully saturated rings. The molecule has 2 saturated carbocycles. The quantitative estimate of drug-likeness (QED) is 0.709. The Morgan fingerprint density at radius 1 is 1.21 bits per heavy atom. The third kappa shape index (κ3) is 4.30. The van der Waals surface area contributed by atoms with E-state index in [9.17, 15) is 10.1 Å². The van der Waals surface area contributed by atoms with E-state index in [4.69, 9.17) is 9.84 Å². The minimum absolute atomic E-state index is 0.165. The van der Waals surface area contributed by atoms with Crippen LogP contribution in [0.25, 0.3) is 0 Å². The highest BCUT2D eigenvalue weighted by Crippen LogP contribution is 2.46. The molecule has 1 saturated heterocycles. The topological polar surface area (TPSA) is 82.3 Å². The van der Waals surface area contributed by atoms with Gasteiger partial charge in [-0.15, -0.1) is 0 Å². The molecule has 7 unspecified atom stereocenters. The summed E-state index contributed by atoms with van der Waals surface area (Å²) in [5, 5.41) is 21.8. The van der Waals surface area contributed by atoms with Crippen LogP contribution in [0.5, 0.6) is 0 Å². The molecule has 1 heterocycles. The van der Waals surface area contributed by atoms with E-state index in [-0.39, 0.29) is 18.8 Å². The van der Waals surface area contributed by atoms with Crippen LogP contribution in [-0.4, -0.2) is 34.8 Å². The molecule has 0 bridgehead atoms. The van der Waals surface area contributed by atoms with Gasteiger partial charge in [0, 0.05) is 16.8 Å². The smallest absolute Gasteiger partial charge is 0.329 e. The first-order valence-electron chi connectivity index (χ1n) is 9.20. The number of carboxylic acid groups (broad SMARTS) is 1. The van der Waals surface area contributed by atoms with Crippen LogP contribution in [0.3, 0.4) is 0 Å². The Morgan fingerprint density at radius 2 is 2.04 bits per heavy atom. The Bertz CT molecular complexity index is 495. The van der Waals surface area contributed by atoms with Crippen LogP contribution in [0.4, 0.5) is 0 Å². The van der Waals surface area contributed by atoms with Gasteiger partial charge in [-0.25, -0.2) is 4.79 Å². The van der Waals surface area contributed by atoms with E-state index in [0.717, 1.165) is 38.5 Å². The highest BCUT2D eigenvalue weighted by molar-refractivity contribution is 9.09. The summed E-state index contributed by atoms with van der Waals surface area (Å²) in [7, 11) is 0. The number of nitrogens with zero attached hydrogens (tertiary/aromatic N) is 1. The van der Waals surface area contributed by atoms with Crippen molar-refractivity contribution < 1.29 is 14.6 Å². The summed E-state index contributed by atoms with van der Waals surface area (Å²) in [6.45, 7) is -0.242. The van der Waals surface area contributed by atoms with Crippen molar-refractivity contribution >= 4 is 21.9 Å². The lowest BCUT2D eigenvalue weighted by atomic mass is 9.63. The van der Waals surface area contributed by atoms with Gasteiger partial charge < -0.3 is 9.84 Å². The second-order valence-electron chi connectivity index (χ2n) is 7.69. The third-order valence-corrected chi connectivity index (χ3v) is 7.01. The van der Waals surface area contributed by atoms with Crippen LogP contribution in [0.2, 0.25) is 0 Å². The Morgan fingerprint density at radius 3 is 2.79 bits per heavy atom. The first kappa shape index (κ1) is 18.2. The molecule has 0 aromatic rings. The Balaban J connectivity index is 1.71. The highest BCUT2D eigenvalue weighted by atomic mass is 79.9. The van der Waals surface area contributed by atoms with Crippen LogP contribution in [0, 0.1) is 35.0 Å². The normalized spacial score (nSPS) is 42.8. The third-order valence-electron chi connectivity index (χ3n) is 6.18. The Kier molecular flexibility index (Phi) is 6.17. The summed E-state index contributed by atoms with van der Waals surface area (Å²) in [5.74, 6) is 0.995. The number of nitrogens with one attached hydrogen (secondary N) is 1. The zero-order valence-corrected chi connectivity index (χ0v) is 15.6. The number of fused-ring (bicyclic) bond motifs is 1. The maximum absolute atomic E-state index is 10.8. The summed E-state index contributed by atoms with van der Waals surface area (Å²) >= 11 is 3.80. The molecule has 134 valence electrons. The van der Waals surface area contributed by atoms with Crippen LogP contribution in [0.15, 0.2) is 0 Å². The molecular formula is C18H27BrN2O3. The molecule has 0 radical (unpaired) electrons. The molecular weight excluding hydrogens is 372 g/mol. The molecule has 0 amide bonds. The number of alkyl halides is 1. The van der Waals surface area contributed by atoms with E-state index in [1.54, 1.807) is 0 Å². The van der Waals surface area contributed by atoms with Gasteiger partial charge in [0.1, 0.15) is 12.8 Å². The number of carbonyl (C=O) groups is 1.